The monoisotopic (exact) mass is 271 g/mol. The number of carboxylic acids is 1. The first-order chi connectivity index (χ1) is 9.56. The average Bonchev–Trinajstić information content (AvgIpc) is 2.85. The zero-order chi connectivity index (χ0) is 14.3. The number of benzene rings is 1. The number of nitrogens with zero attached hydrogens (tertiary/aromatic N) is 3. The van der Waals surface area contributed by atoms with Crippen molar-refractivity contribution in [2.45, 2.75) is 6.92 Å². The number of fused-ring (bicyclic) bond motifs is 1. The van der Waals surface area contributed by atoms with Crippen LogP contribution in [0.5, 0.6) is 0 Å². The third kappa shape index (κ3) is 1.91. The molecule has 0 saturated carbocycles. The average molecular weight is 271 g/mol. The maximum atomic E-state index is 12.9. The normalized spacial score (nSPS) is 10.9. The Morgan fingerprint density at radius 1 is 1.20 bits per heavy atom. The van der Waals surface area contributed by atoms with Gasteiger partial charge >= 0.3 is 5.97 Å². The predicted molar refractivity (Wildman–Crippen MR) is 70.1 cm³/mol. The molecule has 3 rings (SSSR count). The first kappa shape index (κ1) is 12.3. The van der Waals surface area contributed by atoms with Crippen LogP contribution >= 0.6 is 0 Å². The molecule has 0 fully saturated rings. The summed E-state index contributed by atoms with van der Waals surface area (Å²) in [6, 6.07) is 8.90. The maximum absolute atomic E-state index is 12.9. The molecule has 0 atom stereocenters. The molecule has 0 radical (unpaired) electrons. The Hall–Kier alpha value is -2.76. The van der Waals surface area contributed by atoms with Gasteiger partial charge in [-0.2, -0.15) is 0 Å². The van der Waals surface area contributed by atoms with Gasteiger partial charge in [-0.05, 0) is 43.3 Å². The fraction of sp³-hybridized carbons (Fsp3) is 0.0714. The topological polar surface area (TPSA) is 67.5 Å². The molecule has 2 aromatic heterocycles. The first-order valence-corrected chi connectivity index (χ1v) is 5.92. The number of carboxylic acid groups (broad SMARTS) is 1. The van der Waals surface area contributed by atoms with Crippen molar-refractivity contribution in [3.63, 3.8) is 0 Å². The summed E-state index contributed by atoms with van der Waals surface area (Å²) in [6.45, 7) is 1.81. The number of pyridine rings is 1. The van der Waals surface area contributed by atoms with E-state index in [2.05, 4.69) is 10.1 Å². The smallest absolute Gasteiger partial charge is 0.339 e. The summed E-state index contributed by atoms with van der Waals surface area (Å²) in [4.78, 5) is 15.4. The molecule has 3 aromatic rings. The third-order valence-electron chi connectivity index (χ3n) is 3.01. The van der Waals surface area contributed by atoms with Gasteiger partial charge in [0.05, 0.1) is 0 Å². The molecule has 0 aliphatic rings. The lowest BCUT2D eigenvalue weighted by atomic mass is 10.2. The number of rotatable bonds is 2. The lowest BCUT2D eigenvalue weighted by Gasteiger charge is -1.99. The van der Waals surface area contributed by atoms with E-state index in [-0.39, 0.29) is 17.0 Å². The van der Waals surface area contributed by atoms with Gasteiger partial charge in [0, 0.05) is 11.3 Å². The molecule has 0 spiro atoms. The lowest BCUT2D eigenvalue weighted by Crippen LogP contribution is -2.03. The van der Waals surface area contributed by atoms with Crippen LogP contribution in [0.2, 0.25) is 0 Å². The van der Waals surface area contributed by atoms with Gasteiger partial charge in [0.15, 0.2) is 11.5 Å². The van der Waals surface area contributed by atoms with Crippen LogP contribution in [0, 0.1) is 12.7 Å². The molecule has 20 heavy (non-hydrogen) atoms. The van der Waals surface area contributed by atoms with E-state index in [0.29, 0.717) is 11.4 Å². The minimum Gasteiger partial charge on any atom is -0.478 e. The van der Waals surface area contributed by atoms with Gasteiger partial charge in [-0.3, -0.25) is 0 Å². The van der Waals surface area contributed by atoms with Gasteiger partial charge in [0.1, 0.15) is 11.4 Å². The molecule has 1 aromatic carbocycles. The summed E-state index contributed by atoms with van der Waals surface area (Å²) in [5.74, 6) is -1.05. The molecule has 0 unspecified atom stereocenters. The number of aromatic nitrogens is 3. The highest BCUT2D eigenvalue weighted by Crippen LogP contribution is 2.19. The highest BCUT2D eigenvalue weighted by Gasteiger charge is 2.15. The van der Waals surface area contributed by atoms with Gasteiger partial charge in [0.25, 0.3) is 0 Å². The van der Waals surface area contributed by atoms with Crippen molar-refractivity contribution in [3.8, 4) is 11.4 Å². The quantitative estimate of drug-likeness (QED) is 0.777. The second-order valence-corrected chi connectivity index (χ2v) is 4.37. The van der Waals surface area contributed by atoms with Gasteiger partial charge in [0.2, 0.25) is 0 Å². The number of aryl methyl sites for hydroxylation is 1. The molecule has 1 N–H and O–H groups in total. The Morgan fingerprint density at radius 2 is 1.90 bits per heavy atom. The fourth-order valence-electron chi connectivity index (χ4n) is 1.97. The van der Waals surface area contributed by atoms with Crippen molar-refractivity contribution in [2.75, 3.05) is 0 Å². The van der Waals surface area contributed by atoms with Crippen LogP contribution in [0.15, 0.2) is 36.4 Å². The lowest BCUT2D eigenvalue weighted by molar-refractivity contribution is 0.0698. The molecule has 0 saturated heterocycles. The van der Waals surface area contributed by atoms with Gasteiger partial charge in [-0.15, -0.1) is 5.10 Å². The molecule has 0 aliphatic carbocycles. The van der Waals surface area contributed by atoms with Gasteiger partial charge < -0.3 is 5.11 Å². The number of hydrogen-bond acceptors (Lipinski definition) is 3. The van der Waals surface area contributed by atoms with Crippen LogP contribution in [0.3, 0.4) is 0 Å². The third-order valence-corrected chi connectivity index (χ3v) is 3.01. The van der Waals surface area contributed by atoms with E-state index in [1.54, 1.807) is 18.2 Å². The molecule has 5 nitrogen and oxygen atoms in total. The molecule has 0 amide bonds. The van der Waals surface area contributed by atoms with Crippen LogP contribution in [-0.4, -0.2) is 25.7 Å². The summed E-state index contributed by atoms with van der Waals surface area (Å²) in [7, 11) is 0. The number of aromatic carboxylic acids is 1. The minimum atomic E-state index is -1.06. The molecular formula is C14H10FN3O2. The Balaban J connectivity index is 2.24. The van der Waals surface area contributed by atoms with Gasteiger partial charge in [-0.1, -0.05) is 0 Å². The Kier molecular flexibility index (Phi) is 2.71. The van der Waals surface area contributed by atoms with Crippen molar-refractivity contribution in [1.82, 2.24) is 14.6 Å². The Labute approximate surface area is 113 Å². The number of halogens is 1. The largest absolute Gasteiger partial charge is 0.478 e. The van der Waals surface area contributed by atoms with Crippen molar-refractivity contribution >= 4 is 11.6 Å². The van der Waals surface area contributed by atoms with Crippen LogP contribution < -0.4 is 0 Å². The molecule has 0 bridgehead atoms. The molecule has 100 valence electrons. The van der Waals surface area contributed by atoms with Crippen molar-refractivity contribution in [3.05, 3.63) is 53.5 Å². The summed E-state index contributed by atoms with van der Waals surface area (Å²) < 4.78 is 14.4. The minimum absolute atomic E-state index is 0.0801. The van der Waals surface area contributed by atoms with E-state index in [1.807, 2.05) is 6.92 Å². The van der Waals surface area contributed by atoms with E-state index in [0.717, 1.165) is 5.69 Å². The summed E-state index contributed by atoms with van der Waals surface area (Å²) >= 11 is 0. The van der Waals surface area contributed by atoms with E-state index < -0.39 is 5.97 Å². The second kappa shape index (κ2) is 4.41. The Bertz CT molecular complexity index is 809. The number of hydrogen-bond donors (Lipinski definition) is 1. The van der Waals surface area contributed by atoms with Crippen molar-refractivity contribution in [1.29, 1.82) is 0 Å². The molecule has 0 aliphatic heterocycles. The fourth-order valence-corrected chi connectivity index (χ4v) is 1.97. The molecule has 2 heterocycles. The van der Waals surface area contributed by atoms with E-state index in [1.165, 1.54) is 22.7 Å². The number of carbonyl (C=O) groups is 1. The zero-order valence-electron chi connectivity index (χ0n) is 10.5. The van der Waals surface area contributed by atoms with Crippen molar-refractivity contribution in [2.24, 2.45) is 0 Å². The summed E-state index contributed by atoms with van der Waals surface area (Å²) in [5.41, 5.74) is 1.75. The Morgan fingerprint density at radius 3 is 2.55 bits per heavy atom. The zero-order valence-corrected chi connectivity index (χ0v) is 10.5. The second-order valence-electron chi connectivity index (χ2n) is 4.37. The summed E-state index contributed by atoms with van der Waals surface area (Å²) in [5, 5.41) is 13.4. The van der Waals surface area contributed by atoms with E-state index in [4.69, 9.17) is 5.11 Å². The highest BCUT2D eigenvalue weighted by molar-refractivity contribution is 5.94. The molecule has 6 heteroatoms. The van der Waals surface area contributed by atoms with Gasteiger partial charge in [-0.25, -0.2) is 18.7 Å². The standard InChI is InChI=1S/C14H10FN3O2/c1-8-2-7-11(14(19)20)13-16-12(17-18(8)13)9-3-5-10(15)6-4-9/h2-7H,1H3,(H,19,20). The highest BCUT2D eigenvalue weighted by atomic mass is 19.1. The SMILES string of the molecule is Cc1ccc(C(=O)O)c2nc(-c3ccc(F)cc3)nn12. The maximum Gasteiger partial charge on any atom is 0.339 e. The van der Waals surface area contributed by atoms with E-state index in [9.17, 15) is 9.18 Å². The van der Waals surface area contributed by atoms with Crippen LogP contribution in [0.4, 0.5) is 4.39 Å². The van der Waals surface area contributed by atoms with Crippen molar-refractivity contribution < 1.29 is 14.3 Å². The predicted octanol–water partition coefficient (Wildman–Crippen LogP) is 2.54. The summed E-state index contributed by atoms with van der Waals surface area (Å²) in [6.07, 6.45) is 0. The van der Waals surface area contributed by atoms with Crippen LogP contribution in [0.25, 0.3) is 17.0 Å². The molecular weight excluding hydrogens is 261 g/mol. The first-order valence-electron chi connectivity index (χ1n) is 5.92. The van der Waals surface area contributed by atoms with Crippen LogP contribution in [0.1, 0.15) is 16.1 Å². The van der Waals surface area contributed by atoms with Crippen LogP contribution in [-0.2, 0) is 0 Å². The van der Waals surface area contributed by atoms with E-state index >= 15 is 0 Å².